The molecule has 0 spiro atoms. The number of hydrogen-bond donors (Lipinski definition) is 2. The van der Waals surface area contributed by atoms with Crippen LogP contribution in [0.1, 0.15) is 49.6 Å². The molecule has 6 nitrogen and oxygen atoms in total. The van der Waals surface area contributed by atoms with Crippen LogP contribution in [0.3, 0.4) is 0 Å². The number of allylic oxidation sites excluding steroid dienone is 1. The van der Waals surface area contributed by atoms with Gasteiger partial charge in [-0.15, -0.1) is 0 Å². The third kappa shape index (κ3) is 4.29. The predicted octanol–water partition coefficient (Wildman–Crippen LogP) is 5.14. The number of piperazine rings is 1. The van der Waals surface area contributed by atoms with Gasteiger partial charge in [-0.3, -0.25) is 9.28 Å². The van der Waals surface area contributed by atoms with Crippen molar-refractivity contribution in [1.82, 2.24) is 19.8 Å². The Kier molecular flexibility index (Phi) is 6.58. The first kappa shape index (κ1) is 24.5. The highest BCUT2D eigenvalue weighted by molar-refractivity contribution is 5.85. The van der Waals surface area contributed by atoms with E-state index in [2.05, 4.69) is 85.5 Å². The van der Waals surface area contributed by atoms with Gasteiger partial charge in [0.2, 0.25) is 0 Å². The summed E-state index contributed by atoms with van der Waals surface area (Å²) in [5, 5.41) is 3.40. The maximum Gasteiger partial charge on any atom is 0.257 e. The second kappa shape index (κ2) is 9.68. The van der Waals surface area contributed by atoms with Gasteiger partial charge in [0, 0.05) is 60.8 Å². The molecule has 2 aromatic heterocycles. The Balaban J connectivity index is 1.56. The lowest BCUT2D eigenvalue weighted by Crippen LogP contribution is -2.50. The number of nitrogens with zero attached hydrogens (tertiary/aromatic N) is 3. The fourth-order valence-corrected chi connectivity index (χ4v) is 5.83. The first-order valence-corrected chi connectivity index (χ1v) is 13.2. The Morgan fingerprint density at radius 2 is 1.81 bits per heavy atom. The zero-order valence-electron chi connectivity index (χ0n) is 22.2. The van der Waals surface area contributed by atoms with Crippen molar-refractivity contribution in [3.8, 4) is 11.1 Å². The van der Waals surface area contributed by atoms with E-state index in [1.807, 2.05) is 13.1 Å². The predicted molar refractivity (Wildman–Crippen MR) is 150 cm³/mol. The second-order valence-electron chi connectivity index (χ2n) is 10.5. The van der Waals surface area contributed by atoms with Gasteiger partial charge >= 0.3 is 0 Å². The Labute approximate surface area is 214 Å². The molecular formula is C30H38N5O+. The van der Waals surface area contributed by atoms with E-state index in [1.165, 1.54) is 16.8 Å². The quantitative estimate of drug-likeness (QED) is 0.476. The maximum atomic E-state index is 13.0. The molecule has 2 unspecified atom stereocenters. The van der Waals surface area contributed by atoms with Crippen molar-refractivity contribution in [3.63, 3.8) is 0 Å². The van der Waals surface area contributed by atoms with Crippen LogP contribution >= 0.6 is 0 Å². The van der Waals surface area contributed by atoms with E-state index in [1.54, 1.807) is 0 Å². The number of rotatable bonds is 6. The van der Waals surface area contributed by atoms with Crippen LogP contribution in [0.25, 0.3) is 16.7 Å². The van der Waals surface area contributed by atoms with Crippen LogP contribution in [-0.4, -0.2) is 42.2 Å². The van der Waals surface area contributed by atoms with E-state index >= 15 is 0 Å². The zero-order chi connectivity index (χ0) is 25.4. The van der Waals surface area contributed by atoms with Gasteiger partial charge in [0.25, 0.3) is 5.56 Å². The summed E-state index contributed by atoms with van der Waals surface area (Å²) in [4.78, 5) is 23.2. The summed E-state index contributed by atoms with van der Waals surface area (Å²) in [6, 6.07) is 13.5. The van der Waals surface area contributed by atoms with Crippen molar-refractivity contribution in [2.45, 2.75) is 53.6 Å². The summed E-state index contributed by atoms with van der Waals surface area (Å²) in [7, 11) is 0. The zero-order valence-corrected chi connectivity index (χ0v) is 22.2. The molecule has 0 amide bonds. The lowest BCUT2D eigenvalue weighted by Gasteiger charge is -2.38. The van der Waals surface area contributed by atoms with Crippen molar-refractivity contribution < 1.29 is 0 Å². The maximum absolute atomic E-state index is 13.0. The van der Waals surface area contributed by atoms with Gasteiger partial charge in [0.05, 0.1) is 11.6 Å². The molecule has 0 aliphatic carbocycles. The molecular weight excluding hydrogens is 446 g/mol. The molecule has 6 heteroatoms. The lowest BCUT2D eigenvalue weighted by atomic mass is 9.99. The highest BCUT2D eigenvalue weighted by Gasteiger charge is 2.42. The molecule has 0 radical (unpaired) electrons. The molecule has 4 heterocycles. The number of hydrogen-bond acceptors (Lipinski definition) is 4. The minimum Gasteiger partial charge on any atom is -0.354 e. The summed E-state index contributed by atoms with van der Waals surface area (Å²) in [5.41, 5.74) is 8.94. The van der Waals surface area contributed by atoms with Gasteiger partial charge in [-0.1, -0.05) is 13.0 Å². The molecule has 0 bridgehead atoms. The molecule has 1 saturated heterocycles. The van der Waals surface area contributed by atoms with Crippen molar-refractivity contribution in [3.05, 3.63) is 81.5 Å². The Bertz CT molecular complexity index is 1350. The van der Waals surface area contributed by atoms with Crippen molar-refractivity contribution >= 4 is 17.1 Å². The third-order valence-electron chi connectivity index (χ3n) is 8.11. The first-order valence-electron chi connectivity index (χ1n) is 13.2. The SMILES string of the molecule is CCC(C)[N+]1(Cc2c(C)cc(C)[nH]c2=O)C=C(C)c2ccc(-c3ccc(N4CCNCC4)nc3)cc21. The fourth-order valence-electron chi connectivity index (χ4n) is 5.83. The van der Waals surface area contributed by atoms with Gasteiger partial charge < -0.3 is 15.2 Å². The summed E-state index contributed by atoms with van der Waals surface area (Å²) in [6.45, 7) is 15.3. The minimum atomic E-state index is 0.0247. The smallest absolute Gasteiger partial charge is 0.257 e. The average molecular weight is 485 g/mol. The van der Waals surface area contributed by atoms with E-state index < -0.39 is 0 Å². The number of benzene rings is 1. The molecule has 1 fully saturated rings. The van der Waals surface area contributed by atoms with E-state index in [0.29, 0.717) is 17.1 Å². The molecule has 0 saturated carbocycles. The average Bonchev–Trinajstić information content (AvgIpc) is 3.18. The summed E-state index contributed by atoms with van der Waals surface area (Å²) >= 11 is 0. The van der Waals surface area contributed by atoms with Gasteiger partial charge in [-0.2, -0.15) is 0 Å². The molecule has 3 aromatic rings. The van der Waals surface area contributed by atoms with E-state index in [4.69, 9.17) is 4.98 Å². The molecule has 2 aliphatic heterocycles. The lowest BCUT2D eigenvalue weighted by molar-refractivity contribution is 0.280. The highest BCUT2D eigenvalue weighted by atomic mass is 16.1. The van der Waals surface area contributed by atoms with E-state index in [-0.39, 0.29) is 5.56 Å². The molecule has 2 atom stereocenters. The topological polar surface area (TPSA) is 61.0 Å². The Morgan fingerprint density at radius 1 is 1.06 bits per heavy atom. The normalized spacial score (nSPS) is 20.2. The molecule has 1 aromatic carbocycles. The molecule has 2 aliphatic rings. The van der Waals surface area contributed by atoms with Crippen LogP contribution < -0.4 is 20.3 Å². The second-order valence-corrected chi connectivity index (χ2v) is 10.5. The third-order valence-corrected chi connectivity index (χ3v) is 8.11. The molecule has 188 valence electrons. The van der Waals surface area contributed by atoms with E-state index in [0.717, 1.165) is 66.4 Å². The van der Waals surface area contributed by atoms with Crippen LogP contribution in [0, 0.1) is 13.8 Å². The van der Waals surface area contributed by atoms with Crippen molar-refractivity contribution in [2.24, 2.45) is 0 Å². The number of anilines is 1. The van der Waals surface area contributed by atoms with E-state index in [9.17, 15) is 4.79 Å². The first-order chi connectivity index (χ1) is 17.3. The molecule has 36 heavy (non-hydrogen) atoms. The number of aromatic nitrogens is 2. The Hall–Kier alpha value is -3.22. The number of pyridine rings is 2. The number of H-pyrrole nitrogens is 1. The van der Waals surface area contributed by atoms with Crippen molar-refractivity contribution in [2.75, 3.05) is 31.1 Å². The van der Waals surface area contributed by atoms with Gasteiger partial charge in [0.1, 0.15) is 24.2 Å². The van der Waals surface area contributed by atoms with Gasteiger partial charge in [-0.25, -0.2) is 4.98 Å². The summed E-state index contributed by atoms with van der Waals surface area (Å²) in [6.07, 6.45) is 5.38. The van der Waals surface area contributed by atoms with Crippen molar-refractivity contribution in [1.29, 1.82) is 0 Å². The highest BCUT2D eigenvalue weighted by Crippen LogP contribution is 2.46. The number of fused-ring (bicyclic) bond motifs is 1. The number of aryl methyl sites for hydroxylation is 2. The standard InChI is InChI=1S/C30H37N5O/c1-6-23(5)35(19-27-20(2)15-22(4)33-30(27)36)18-21(3)26-9-7-24(16-28(26)35)25-8-10-29(32-17-25)34-13-11-31-12-14-34/h7-10,15-18,23,31H,6,11-14,19H2,1-5H3/p+1. The Morgan fingerprint density at radius 3 is 2.47 bits per heavy atom. The molecule has 5 rings (SSSR count). The van der Waals surface area contributed by atoms with Crippen LogP contribution in [0.15, 0.2) is 53.6 Å². The minimum absolute atomic E-state index is 0.0247. The van der Waals surface area contributed by atoms with Crippen LogP contribution in [0.2, 0.25) is 0 Å². The van der Waals surface area contributed by atoms with Gasteiger partial charge in [-0.05, 0) is 69.5 Å². The molecule has 2 N–H and O–H groups in total. The van der Waals surface area contributed by atoms with Crippen LogP contribution in [-0.2, 0) is 6.54 Å². The summed E-state index contributed by atoms with van der Waals surface area (Å²) < 4.78 is 0.658. The fraction of sp³-hybridized carbons (Fsp3) is 0.400. The van der Waals surface area contributed by atoms with Crippen LogP contribution in [0.4, 0.5) is 11.5 Å². The van der Waals surface area contributed by atoms with Crippen LogP contribution in [0.5, 0.6) is 0 Å². The number of quaternary nitrogens is 1. The summed E-state index contributed by atoms with van der Waals surface area (Å²) in [5.74, 6) is 1.04. The number of nitrogens with one attached hydrogen (secondary N) is 2. The number of aromatic amines is 1. The monoisotopic (exact) mass is 484 g/mol. The van der Waals surface area contributed by atoms with Gasteiger partial charge in [0.15, 0.2) is 0 Å². The largest absolute Gasteiger partial charge is 0.354 e.